The first-order valence-electron chi connectivity index (χ1n) is 13.2. The lowest BCUT2D eigenvalue weighted by Crippen LogP contribution is -2.39. The standard InChI is InChI=1S/C29H36FIN6O2/c1-6-23(33-20(3)21-8-12-32-19(2)15-21)27(38)35-24-18-37-17-22(7-9-28(4,5)39)34-26(37)16-25(24)36-13-10-29(30,31)11-14-36/h6,8,12,15-18,39H,7,9-11,13-14H2,1-5H3,(H,35,38)/b23-6-,33-20+. The van der Waals surface area contributed by atoms with Gasteiger partial charge >= 0.3 is 0 Å². The number of aryl methyl sites for hydroxylation is 2. The van der Waals surface area contributed by atoms with Crippen molar-refractivity contribution in [1.29, 1.82) is 0 Å². The number of nitrogens with zero attached hydrogens (tertiary/aromatic N) is 5. The SMILES string of the molecule is C/C=C(\N=C(/C)c1ccnc(C)c1)C(=O)Nc1cn2cc(CCC(C)(C)O)nc2cc1N1CCC(F)(I)CC1. The van der Waals surface area contributed by atoms with Crippen molar-refractivity contribution in [2.75, 3.05) is 23.3 Å². The summed E-state index contributed by atoms with van der Waals surface area (Å²) in [6, 6.07) is 5.73. The van der Waals surface area contributed by atoms with Gasteiger partial charge in [0.25, 0.3) is 5.91 Å². The van der Waals surface area contributed by atoms with Crippen LogP contribution in [0.4, 0.5) is 15.8 Å². The molecule has 4 rings (SSSR count). The third-order valence-electron chi connectivity index (χ3n) is 6.81. The normalized spacial score (nSPS) is 16.6. The molecule has 3 aromatic heterocycles. The van der Waals surface area contributed by atoms with E-state index in [1.54, 1.807) is 33.0 Å². The molecule has 0 atom stereocenters. The summed E-state index contributed by atoms with van der Waals surface area (Å²) >= 11 is 1.89. The van der Waals surface area contributed by atoms with Crippen LogP contribution in [0.2, 0.25) is 0 Å². The molecule has 0 radical (unpaired) electrons. The third kappa shape index (κ3) is 7.63. The zero-order chi connectivity index (χ0) is 28.4. The lowest BCUT2D eigenvalue weighted by molar-refractivity contribution is -0.112. The number of anilines is 2. The van der Waals surface area contributed by atoms with Crippen LogP contribution in [0.15, 0.2) is 53.6 Å². The highest BCUT2D eigenvalue weighted by atomic mass is 127. The van der Waals surface area contributed by atoms with Gasteiger partial charge in [0.2, 0.25) is 0 Å². The van der Waals surface area contributed by atoms with E-state index in [0.717, 1.165) is 28.3 Å². The van der Waals surface area contributed by atoms with Crippen LogP contribution in [0.1, 0.15) is 63.9 Å². The average molecular weight is 647 g/mol. The number of aliphatic imine (C=N–C) groups is 1. The molecule has 8 nitrogen and oxygen atoms in total. The van der Waals surface area contributed by atoms with Gasteiger partial charge in [-0.1, -0.05) is 6.08 Å². The summed E-state index contributed by atoms with van der Waals surface area (Å²) in [5, 5.41) is 13.2. The van der Waals surface area contributed by atoms with Crippen LogP contribution in [0.25, 0.3) is 5.65 Å². The number of hydrogen-bond donors (Lipinski definition) is 2. The van der Waals surface area contributed by atoms with Crippen molar-refractivity contribution in [3.05, 3.63) is 65.5 Å². The van der Waals surface area contributed by atoms with Gasteiger partial charge in [-0.15, -0.1) is 0 Å². The van der Waals surface area contributed by atoms with Crippen LogP contribution in [0.5, 0.6) is 0 Å². The number of pyridine rings is 2. The first kappa shape index (κ1) is 29.1. The number of aromatic nitrogens is 3. The van der Waals surface area contributed by atoms with Gasteiger partial charge in [0.1, 0.15) is 11.3 Å². The average Bonchev–Trinajstić information content (AvgIpc) is 3.27. The van der Waals surface area contributed by atoms with Gasteiger partial charge in [-0.2, -0.15) is 0 Å². The van der Waals surface area contributed by atoms with E-state index in [0.29, 0.717) is 50.2 Å². The Morgan fingerprint density at radius 2 is 2.03 bits per heavy atom. The minimum absolute atomic E-state index is 0.290. The van der Waals surface area contributed by atoms with Gasteiger partial charge in [0.15, 0.2) is 3.68 Å². The number of fused-ring (bicyclic) bond motifs is 1. The van der Waals surface area contributed by atoms with Crippen LogP contribution >= 0.6 is 22.6 Å². The largest absolute Gasteiger partial charge is 0.390 e. The summed E-state index contributed by atoms with van der Waals surface area (Å²) in [5.41, 5.74) is 4.96. The Balaban J connectivity index is 1.65. The van der Waals surface area contributed by atoms with E-state index in [4.69, 9.17) is 4.98 Å². The van der Waals surface area contributed by atoms with Crippen LogP contribution in [0.3, 0.4) is 0 Å². The molecule has 39 heavy (non-hydrogen) atoms. The molecule has 0 saturated carbocycles. The van der Waals surface area contributed by atoms with Crippen molar-refractivity contribution in [3.63, 3.8) is 0 Å². The second kappa shape index (κ2) is 11.7. The van der Waals surface area contributed by atoms with Crippen molar-refractivity contribution in [3.8, 4) is 0 Å². The van der Waals surface area contributed by atoms with Gasteiger partial charge < -0.3 is 19.7 Å². The number of alkyl halides is 2. The molecular formula is C29H36FIN6O2. The molecule has 1 fully saturated rings. The fourth-order valence-electron chi connectivity index (χ4n) is 4.51. The Morgan fingerprint density at radius 1 is 1.31 bits per heavy atom. The number of hydrogen-bond acceptors (Lipinski definition) is 6. The summed E-state index contributed by atoms with van der Waals surface area (Å²) in [7, 11) is 0. The second-order valence-electron chi connectivity index (χ2n) is 10.7. The van der Waals surface area contributed by atoms with Crippen molar-refractivity contribution in [2.24, 2.45) is 4.99 Å². The van der Waals surface area contributed by atoms with Crippen molar-refractivity contribution in [1.82, 2.24) is 14.4 Å². The van der Waals surface area contributed by atoms with E-state index in [1.807, 2.05) is 71.4 Å². The van der Waals surface area contributed by atoms with Gasteiger partial charge in [-0.25, -0.2) is 14.4 Å². The number of piperidine rings is 1. The molecule has 2 N–H and O–H groups in total. The van der Waals surface area contributed by atoms with Gasteiger partial charge in [0.05, 0.1) is 22.7 Å². The van der Waals surface area contributed by atoms with E-state index in [9.17, 15) is 14.3 Å². The molecular weight excluding hydrogens is 610 g/mol. The zero-order valence-electron chi connectivity index (χ0n) is 23.1. The van der Waals surface area contributed by atoms with Gasteiger partial charge in [-0.3, -0.25) is 9.78 Å². The van der Waals surface area contributed by atoms with E-state index >= 15 is 0 Å². The predicted molar refractivity (Wildman–Crippen MR) is 163 cm³/mol. The molecule has 0 aromatic carbocycles. The predicted octanol–water partition coefficient (Wildman–Crippen LogP) is 5.79. The Bertz CT molecular complexity index is 1410. The summed E-state index contributed by atoms with van der Waals surface area (Å²) in [6.07, 6.45) is 9.16. The molecule has 3 aromatic rings. The molecule has 1 aliphatic heterocycles. The van der Waals surface area contributed by atoms with E-state index in [2.05, 4.69) is 20.2 Å². The summed E-state index contributed by atoms with van der Waals surface area (Å²) in [4.78, 5) is 29.1. The number of imidazole rings is 1. The van der Waals surface area contributed by atoms with Crippen LogP contribution in [0, 0.1) is 6.92 Å². The Hall–Kier alpha value is -2.86. The molecule has 208 valence electrons. The third-order valence-corrected chi connectivity index (χ3v) is 7.88. The molecule has 0 unspecified atom stereocenters. The molecule has 0 aliphatic carbocycles. The summed E-state index contributed by atoms with van der Waals surface area (Å²) < 4.78 is 15.2. The summed E-state index contributed by atoms with van der Waals surface area (Å²) in [5.74, 6) is -0.337. The lowest BCUT2D eigenvalue weighted by Gasteiger charge is -2.35. The number of rotatable bonds is 8. The van der Waals surface area contributed by atoms with E-state index in [-0.39, 0.29) is 11.6 Å². The fraction of sp³-hybridized carbons (Fsp3) is 0.448. The maximum atomic E-state index is 14.6. The Labute approximate surface area is 242 Å². The monoisotopic (exact) mass is 646 g/mol. The molecule has 10 heteroatoms. The first-order chi connectivity index (χ1) is 18.3. The van der Waals surface area contributed by atoms with Crippen LogP contribution in [-0.2, 0) is 11.2 Å². The number of aliphatic hydroxyl groups is 1. The molecule has 4 heterocycles. The van der Waals surface area contributed by atoms with Gasteiger partial charge in [0, 0.05) is 62.0 Å². The van der Waals surface area contributed by atoms with Crippen LogP contribution in [-0.4, -0.2) is 53.5 Å². The number of halogens is 2. The molecule has 1 aliphatic rings. The van der Waals surface area contributed by atoms with Crippen molar-refractivity contribution < 1.29 is 14.3 Å². The topological polar surface area (TPSA) is 95.1 Å². The number of amides is 1. The maximum Gasteiger partial charge on any atom is 0.274 e. The van der Waals surface area contributed by atoms with E-state index < -0.39 is 9.28 Å². The van der Waals surface area contributed by atoms with Crippen molar-refractivity contribution in [2.45, 2.75) is 69.6 Å². The van der Waals surface area contributed by atoms with Gasteiger partial charge in [-0.05, 0) is 87.7 Å². The van der Waals surface area contributed by atoms with E-state index in [1.165, 1.54) is 0 Å². The van der Waals surface area contributed by atoms with Crippen molar-refractivity contribution >= 4 is 51.2 Å². The molecule has 0 spiro atoms. The summed E-state index contributed by atoms with van der Waals surface area (Å²) in [6.45, 7) is 10.2. The minimum Gasteiger partial charge on any atom is -0.390 e. The highest BCUT2D eigenvalue weighted by molar-refractivity contribution is 14.1. The molecule has 1 saturated heterocycles. The Kier molecular flexibility index (Phi) is 8.75. The highest BCUT2D eigenvalue weighted by Gasteiger charge is 2.32. The number of nitrogens with one attached hydrogen (secondary N) is 1. The Morgan fingerprint density at radius 3 is 2.67 bits per heavy atom. The highest BCUT2D eigenvalue weighted by Crippen LogP contribution is 2.37. The molecule has 0 bridgehead atoms. The number of allylic oxidation sites excluding steroid dienone is 1. The number of carbonyl (C=O) groups excluding carboxylic acids is 1. The zero-order valence-corrected chi connectivity index (χ0v) is 25.3. The lowest BCUT2D eigenvalue weighted by atomic mass is 10.0. The first-order valence-corrected chi connectivity index (χ1v) is 14.2. The quantitative estimate of drug-likeness (QED) is 0.140. The smallest absolute Gasteiger partial charge is 0.274 e. The second-order valence-corrected chi connectivity index (χ2v) is 12.7. The molecule has 1 amide bonds. The number of carbonyl (C=O) groups is 1. The fourth-order valence-corrected chi connectivity index (χ4v) is 4.99. The maximum absolute atomic E-state index is 14.6. The minimum atomic E-state index is -1.23. The van der Waals surface area contributed by atoms with Crippen LogP contribution < -0.4 is 10.2 Å².